The summed E-state index contributed by atoms with van der Waals surface area (Å²) < 4.78 is 8.77. The Labute approximate surface area is 128 Å². The molecule has 20 heavy (non-hydrogen) atoms. The molecule has 0 amide bonds. The third-order valence-corrected chi connectivity index (χ3v) is 3.53. The second-order valence-corrected chi connectivity index (χ2v) is 6.06. The number of hydrogen-bond donors (Lipinski definition) is 1. The highest BCUT2D eigenvalue weighted by molar-refractivity contribution is 9.10. The molecular weight excluding hydrogens is 318 g/mol. The summed E-state index contributed by atoms with van der Waals surface area (Å²) in [6, 6.07) is 8.16. The fourth-order valence-electron chi connectivity index (χ4n) is 1.90. The van der Waals surface area contributed by atoms with Crippen molar-refractivity contribution < 1.29 is 4.74 Å². The molecule has 0 saturated heterocycles. The van der Waals surface area contributed by atoms with E-state index in [0.717, 1.165) is 21.5 Å². The van der Waals surface area contributed by atoms with E-state index in [2.05, 4.69) is 34.9 Å². The summed E-state index contributed by atoms with van der Waals surface area (Å²) in [5.41, 5.74) is 7.87. The van der Waals surface area contributed by atoms with Crippen molar-refractivity contribution in [1.29, 1.82) is 0 Å². The van der Waals surface area contributed by atoms with Crippen LogP contribution in [0.5, 0.6) is 5.75 Å². The van der Waals surface area contributed by atoms with Crippen LogP contribution in [-0.4, -0.2) is 9.78 Å². The Bertz CT molecular complexity index is 578. The molecule has 1 aromatic heterocycles. The molecule has 0 saturated carbocycles. The minimum Gasteiger partial charge on any atom is -0.487 e. The topological polar surface area (TPSA) is 53.1 Å². The van der Waals surface area contributed by atoms with Crippen molar-refractivity contribution in [3.8, 4) is 5.75 Å². The lowest BCUT2D eigenvalue weighted by Crippen LogP contribution is -2.08. The number of ether oxygens (including phenoxy) is 1. The number of nitrogens with two attached hydrogens (primary N) is 1. The van der Waals surface area contributed by atoms with Crippen LogP contribution in [0.1, 0.15) is 44.1 Å². The van der Waals surface area contributed by atoms with Gasteiger partial charge >= 0.3 is 0 Å². The molecule has 0 spiro atoms. The third kappa shape index (κ3) is 3.61. The molecule has 1 aromatic carbocycles. The first-order valence-electron chi connectivity index (χ1n) is 6.69. The first-order valence-corrected chi connectivity index (χ1v) is 7.48. The molecule has 0 aliphatic carbocycles. The summed E-state index contributed by atoms with van der Waals surface area (Å²) in [5, 5.41) is 4.47. The first kappa shape index (κ1) is 15.1. The number of rotatable bonds is 5. The monoisotopic (exact) mass is 337 g/mol. The summed E-state index contributed by atoms with van der Waals surface area (Å²) in [7, 11) is 0. The van der Waals surface area contributed by atoms with Gasteiger partial charge in [-0.15, -0.1) is 0 Å². The Morgan fingerprint density at radius 3 is 2.65 bits per heavy atom. The van der Waals surface area contributed by atoms with E-state index in [4.69, 9.17) is 10.5 Å². The SMILES string of the molecule is CC(N)c1ccc(Br)cc1OCc1ccn(C(C)C)n1. The van der Waals surface area contributed by atoms with Gasteiger partial charge in [-0.1, -0.05) is 22.0 Å². The van der Waals surface area contributed by atoms with Gasteiger partial charge < -0.3 is 10.5 Å². The Balaban J connectivity index is 2.11. The van der Waals surface area contributed by atoms with Gasteiger partial charge in [-0.25, -0.2) is 0 Å². The van der Waals surface area contributed by atoms with Crippen LogP contribution < -0.4 is 10.5 Å². The maximum absolute atomic E-state index is 5.96. The van der Waals surface area contributed by atoms with Crippen LogP contribution in [-0.2, 0) is 6.61 Å². The lowest BCUT2D eigenvalue weighted by molar-refractivity contribution is 0.294. The molecule has 0 aliphatic rings. The van der Waals surface area contributed by atoms with Gasteiger partial charge in [0.15, 0.2) is 0 Å². The predicted molar refractivity (Wildman–Crippen MR) is 83.7 cm³/mol. The maximum Gasteiger partial charge on any atom is 0.132 e. The van der Waals surface area contributed by atoms with Crippen molar-refractivity contribution >= 4 is 15.9 Å². The molecule has 1 atom stereocenters. The molecule has 0 radical (unpaired) electrons. The fourth-order valence-corrected chi connectivity index (χ4v) is 2.24. The number of halogens is 1. The van der Waals surface area contributed by atoms with Crippen molar-refractivity contribution in [2.45, 2.75) is 39.5 Å². The van der Waals surface area contributed by atoms with Crippen molar-refractivity contribution in [3.05, 3.63) is 46.2 Å². The summed E-state index contributed by atoms with van der Waals surface area (Å²) in [4.78, 5) is 0. The summed E-state index contributed by atoms with van der Waals surface area (Å²) in [6.07, 6.45) is 1.97. The number of benzene rings is 1. The molecule has 2 aromatic rings. The molecule has 5 heteroatoms. The molecule has 2 N–H and O–H groups in total. The zero-order chi connectivity index (χ0) is 14.7. The van der Waals surface area contributed by atoms with Crippen LogP contribution in [0.2, 0.25) is 0 Å². The molecule has 1 heterocycles. The highest BCUT2D eigenvalue weighted by atomic mass is 79.9. The predicted octanol–water partition coefficient (Wildman–Crippen LogP) is 3.83. The molecule has 2 rings (SSSR count). The largest absolute Gasteiger partial charge is 0.487 e. The van der Waals surface area contributed by atoms with E-state index >= 15 is 0 Å². The van der Waals surface area contributed by atoms with Gasteiger partial charge in [-0.05, 0) is 39.0 Å². The van der Waals surface area contributed by atoms with E-state index in [1.807, 2.05) is 42.1 Å². The smallest absolute Gasteiger partial charge is 0.132 e. The van der Waals surface area contributed by atoms with Crippen LogP contribution in [0.3, 0.4) is 0 Å². The Morgan fingerprint density at radius 1 is 1.30 bits per heavy atom. The normalized spacial score (nSPS) is 12.7. The highest BCUT2D eigenvalue weighted by Gasteiger charge is 2.10. The van der Waals surface area contributed by atoms with Gasteiger partial charge in [0.05, 0.1) is 5.69 Å². The van der Waals surface area contributed by atoms with Gasteiger partial charge in [0.1, 0.15) is 12.4 Å². The van der Waals surface area contributed by atoms with E-state index < -0.39 is 0 Å². The second-order valence-electron chi connectivity index (χ2n) is 5.14. The lowest BCUT2D eigenvalue weighted by Gasteiger charge is -2.14. The Kier molecular flexibility index (Phi) is 4.83. The van der Waals surface area contributed by atoms with Crippen LogP contribution >= 0.6 is 15.9 Å². The van der Waals surface area contributed by atoms with E-state index in [1.165, 1.54) is 0 Å². The Morgan fingerprint density at radius 2 is 2.05 bits per heavy atom. The van der Waals surface area contributed by atoms with E-state index in [0.29, 0.717) is 12.6 Å². The van der Waals surface area contributed by atoms with Crippen molar-refractivity contribution in [3.63, 3.8) is 0 Å². The van der Waals surface area contributed by atoms with Gasteiger partial charge in [0.25, 0.3) is 0 Å². The number of aromatic nitrogens is 2. The minimum atomic E-state index is -0.0636. The van der Waals surface area contributed by atoms with Crippen molar-refractivity contribution in [2.24, 2.45) is 5.73 Å². The molecule has 108 valence electrons. The fraction of sp³-hybridized carbons (Fsp3) is 0.400. The van der Waals surface area contributed by atoms with E-state index in [-0.39, 0.29) is 6.04 Å². The van der Waals surface area contributed by atoms with Crippen molar-refractivity contribution in [2.75, 3.05) is 0 Å². The van der Waals surface area contributed by atoms with Crippen LogP contribution in [0, 0.1) is 0 Å². The van der Waals surface area contributed by atoms with Crippen molar-refractivity contribution in [1.82, 2.24) is 9.78 Å². The lowest BCUT2D eigenvalue weighted by atomic mass is 10.1. The molecular formula is C15H20BrN3O. The summed E-state index contributed by atoms with van der Waals surface area (Å²) >= 11 is 3.45. The molecule has 1 unspecified atom stereocenters. The average molecular weight is 338 g/mol. The van der Waals surface area contributed by atoms with E-state index in [9.17, 15) is 0 Å². The maximum atomic E-state index is 5.96. The zero-order valence-electron chi connectivity index (χ0n) is 12.0. The zero-order valence-corrected chi connectivity index (χ0v) is 13.6. The van der Waals surface area contributed by atoms with Crippen LogP contribution in [0.25, 0.3) is 0 Å². The number of nitrogens with zero attached hydrogens (tertiary/aromatic N) is 2. The Hall–Kier alpha value is -1.33. The van der Waals surface area contributed by atoms with Crippen LogP contribution in [0.15, 0.2) is 34.9 Å². The van der Waals surface area contributed by atoms with Crippen LogP contribution in [0.4, 0.5) is 0 Å². The molecule has 4 nitrogen and oxygen atoms in total. The van der Waals surface area contributed by atoms with Gasteiger partial charge in [-0.3, -0.25) is 4.68 Å². The summed E-state index contributed by atoms with van der Waals surface area (Å²) in [5.74, 6) is 0.800. The minimum absolute atomic E-state index is 0.0636. The van der Waals surface area contributed by atoms with E-state index in [1.54, 1.807) is 0 Å². The summed E-state index contributed by atoms with van der Waals surface area (Å²) in [6.45, 7) is 6.58. The van der Waals surface area contributed by atoms with Gasteiger partial charge in [0, 0.05) is 28.3 Å². The molecule has 0 fully saturated rings. The molecule has 0 aliphatic heterocycles. The molecule has 0 bridgehead atoms. The first-order chi connectivity index (χ1) is 9.47. The number of hydrogen-bond acceptors (Lipinski definition) is 3. The third-order valence-electron chi connectivity index (χ3n) is 3.03. The van der Waals surface area contributed by atoms with Gasteiger partial charge in [-0.2, -0.15) is 5.10 Å². The van der Waals surface area contributed by atoms with Gasteiger partial charge in [0.2, 0.25) is 0 Å². The average Bonchev–Trinajstić information content (AvgIpc) is 2.85. The second kappa shape index (κ2) is 6.41. The highest BCUT2D eigenvalue weighted by Crippen LogP contribution is 2.28. The standard InChI is InChI=1S/C15H20BrN3O/c1-10(2)19-7-6-13(18-19)9-20-15-8-12(16)4-5-14(15)11(3)17/h4-8,10-11H,9,17H2,1-3H3. The quantitative estimate of drug-likeness (QED) is 0.902.